The van der Waals surface area contributed by atoms with Crippen LogP contribution in [0.3, 0.4) is 0 Å². The molecule has 2 rings (SSSR count). The monoisotopic (exact) mass is 470 g/mol. The van der Waals surface area contributed by atoms with Gasteiger partial charge < -0.3 is 29.3 Å². The average molecular weight is 472 g/mol. The predicted octanol–water partition coefficient (Wildman–Crippen LogP) is 2.54. The van der Waals surface area contributed by atoms with Crippen LogP contribution in [0.4, 0.5) is 10.5 Å². The van der Waals surface area contributed by atoms with Gasteiger partial charge in [0.05, 0.1) is 37.1 Å². The van der Waals surface area contributed by atoms with Gasteiger partial charge in [0.25, 0.3) is 5.91 Å². The summed E-state index contributed by atoms with van der Waals surface area (Å²) in [6.45, 7) is -0.206. The molecule has 0 spiro atoms. The van der Waals surface area contributed by atoms with Gasteiger partial charge >= 0.3 is 6.09 Å². The Morgan fingerprint density at radius 3 is 2.59 bits per heavy atom. The summed E-state index contributed by atoms with van der Waals surface area (Å²) >= 11 is 16.6. The van der Waals surface area contributed by atoms with E-state index >= 15 is 0 Å². The number of carbonyl (C=O) groups excluding carboxylic acids is 2. The molecule has 3 N–H and O–H groups in total. The van der Waals surface area contributed by atoms with Gasteiger partial charge in [0.2, 0.25) is 3.79 Å². The van der Waals surface area contributed by atoms with Crippen LogP contribution in [0.15, 0.2) is 12.1 Å². The number of alkyl halides is 3. The van der Waals surface area contributed by atoms with Crippen molar-refractivity contribution in [2.75, 3.05) is 39.3 Å². The molecule has 29 heavy (non-hydrogen) atoms. The van der Waals surface area contributed by atoms with E-state index in [1.807, 2.05) is 0 Å². The molecule has 0 radical (unpaired) electrons. The standard InChI is InChI=1S/C17H21Cl3N2O7/c1-27-7-9-3-10(23)6-22(9)15(25)11-4-14(28-2)13(24)5-12(11)21-16(26)29-8-17(18,19)20/h4-5,9-10,23-24H,3,6-8H2,1-2H3,(H,21,26)/t9-,10+/m0/s1. The second-order valence-corrected chi connectivity index (χ2v) is 8.86. The first-order chi connectivity index (χ1) is 13.6. The highest BCUT2D eigenvalue weighted by Crippen LogP contribution is 2.34. The lowest BCUT2D eigenvalue weighted by Crippen LogP contribution is -2.39. The highest BCUT2D eigenvalue weighted by Gasteiger charge is 2.36. The molecule has 1 heterocycles. The zero-order chi connectivity index (χ0) is 21.8. The second-order valence-electron chi connectivity index (χ2n) is 6.34. The van der Waals surface area contributed by atoms with Crippen LogP contribution in [0.5, 0.6) is 11.5 Å². The number of nitrogens with one attached hydrogen (secondary N) is 1. The molecule has 162 valence electrons. The summed E-state index contributed by atoms with van der Waals surface area (Å²) in [5.41, 5.74) is -0.0270. The van der Waals surface area contributed by atoms with Crippen LogP contribution in [-0.2, 0) is 9.47 Å². The number of aliphatic hydroxyl groups is 1. The fourth-order valence-electron chi connectivity index (χ4n) is 2.95. The molecule has 0 saturated carbocycles. The van der Waals surface area contributed by atoms with Gasteiger partial charge in [-0.05, 0) is 12.5 Å². The molecule has 1 saturated heterocycles. The Hall–Kier alpha value is -1.65. The van der Waals surface area contributed by atoms with Crippen LogP contribution < -0.4 is 10.1 Å². The highest BCUT2D eigenvalue weighted by molar-refractivity contribution is 6.67. The van der Waals surface area contributed by atoms with Crippen molar-refractivity contribution >= 4 is 52.5 Å². The van der Waals surface area contributed by atoms with E-state index in [0.717, 1.165) is 6.07 Å². The minimum atomic E-state index is -1.81. The molecular weight excluding hydrogens is 451 g/mol. The molecular formula is C17H21Cl3N2O7. The van der Waals surface area contributed by atoms with Crippen molar-refractivity contribution in [3.05, 3.63) is 17.7 Å². The molecule has 0 bridgehead atoms. The number of aliphatic hydroxyl groups excluding tert-OH is 1. The third-order valence-corrected chi connectivity index (χ3v) is 4.49. The number of β-amino-alcohol motifs (C(OH)–C–C–N with tert-alkyl or cyclic N) is 1. The van der Waals surface area contributed by atoms with Gasteiger partial charge in [0.15, 0.2) is 11.5 Å². The Labute approximate surface area is 182 Å². The summed E-state index contributed by atoms with van der Waals surface area (Å²) in [7, 11) is 2.81. The number of phenolic OH excluding ortho intramolecular Hbond substituents is 1. The summed E-state index contributed by atoms with van der Waals surface area (Å²) in [6.07, 6.45) is -1.35. The first kappa shape index (κ1) is 23.6. The van der Waals surface area contributed by atoms with Crippen LogP contribution in [0, 0.1) is 0 Å². The Bertz CT molecular complexity index is 757. The van der Waals surface area contributed by atoms with Crippen LogP contribution in [0.1, 0.15) is 16.8 Å². The van der Waals surface area contributed by atoms with Gasteiger partial charge in [0, 0.05) is 19.7 Å². The van der Waals surface area contributed by atoms with Crippen LogP contribution in [0.25, 0.3) is 0 Å². The Kier molecular flexibility index (Phi) is 8.07. The van der Waals surface area contributed by atoms with E-state index < -0.39 is 28.5 Å². The number of rotatable bonds is 6. The number of phenols is 1. The molecule has 0 aromatic heterocycles. The van der Waals surface area contributed by atoms with Gasteiger partial charge in [-0.1, -0.05) is 34.8 Å². The van der Waals surface area contributed by atoms with Crippen molar-refractivity contribution in [3.63, 3.8) is 0 Å². The van der Waals surface area contributed by atoms with Crippen molar-refractivity contribution < 1.29 is 34.0 Å². The number of likely N-dealkylation sites (tertiary alicyclic amines) is 1. The zero-order valence-electron chi connectivity index (χ0n) is 15.7. The van der Waals surface area contributed by atoms with Crippen molar-refractivity contribution in [2.45, 2.75) is 22.4 Å². The lowest BCUT2D eigenvalue weighted by Gasteiger charge is -2.25. The number of aromatic hydroxyl groups is 1. The van der Waals surface area contributed by atoms with E-state index in [9.17, 15) is 19.8 Å². The maximum atomic E-state index is 13.1. The number of benzene rings is 1. The molecule has 1 aromatic rings. The number of amides is 2. The van der Waals surface area contributed by atoms with E-state index in [2.05, 4.69) is 5.32 Å². The first-order valence-corrected chi connectivity index (χ1v) is 9.58. The van der Waals surface area contributed by atoms with Crippen LogP contribution >= 0.6 is 34.8 Å². The molecule has 0 aliphatic carbocycles. The summed E-state index contributed by atoms with van der Waals surface area (Å²) in [5.74, 6) is -0.786. The Balaban J connectivity index is 2.31. The summed E-state index contributed by atoms with van der Waals surface area (Å²) in [6, 6.07) is 2.06. The van der Waals surface area contributed by atoms with E-state index in [4.69, 9.17) is 49.0 Å². The number of methoxy groups -OCH3 is 2. The maximum absolute atomic E-state index is 13.1. The Morgan fingerprint density at radius 1 is 1.31 bits per heavy atom. The lowest BCUT2D eigenvalue weighted by molar-refractivity contribution is 0.0623. The number of nitrogens with zero attached hydrogens (tertiary/aromatic N) is 1. The predicted molar refractivity (Wildman–Crippen MR) is 107 cm³/mol. The normalized spacial score (nSPS) is 19.2. The van der Waals surface area contributed by atoms with Gasteiger partial charge in [-0.15, -0.1) is 0 Å². The molecule has 12 heteroatoms. The molecule has 1 fully saturated rings. The third-order valence-electron chi connectivity index (χ3n) is 4.17. The summed E-state index contributed by atoms with van der Waals surface area (Å²) in [5, 5.41) is 22.3. The minimum absolute atomic E-state index is 0.0145. The topological polar surface area (TPSA) is 118 Å². The average Bonchev–Trinajstić information content (AvgIpc) is 3.00. The van der Waals surface area contributed by atoms with Gasteiger partial charge in [-0.25, -0.2) is 4.79 Å². The van der Waals surface area contributed by atoms with Gasteiger partial charge in [0.1, 0.15) is 6.61 Å². The Morgan fingerprint density at radius 2 is 2.00 bits per heavy atom. The number of hydrogen-bond donors (Lipinski definition) is 3. The first-order valence-electron chi connectivity index (χ1n) is 8.45. The van der Waals surface area contributed by atoms with Gasteiger partial charge in [-0.2, -0.15) is 0 Å². The van der Waals surface area contributed by atoms with Crippen molar-refractivity contribution in [1.82, 2.24) is 4.90 Å². The number of anilines is 1. The van der Waals surface area contributed by atoms with Crippen molar-refractivity contribution in [2.24, 2.45) is 0 Å². The molecule has 1 aliphatic rings. The number of ether oxygens (including phenoxy) is 3. The fraction of sp³-hybridized carbons (Fsp3) is 0.529. The molecule has 2 amide bonds. The van der Waals surface area contributed by atoms with Crippen molar-refractivity contribution in [1.29, 1.82) is 0 Å². The minimum Gasteiger partial charge on any atom is -0.504 e. The van der Waals surface area contributed by atoms with Crippen LogP contribution in [-0.4, -0.2) is 77.0 Å². The number of carbonyl (C=O) groups is 2. The highest BCUT2D eigenvalue weighted by atomic mass is 35.6. The van der Waals surface area contributed by atoms with Gasteiger partial charge in [-0.3, -0.25) is 10.1 Å². The van der Waals surface area contributed by atoms with Crippen molar-refractivity contribution in [3.8, 4) is 11.5 Å². The smallest absolute Gasteiger partial charge is 0.411 e. The van der Waals surface area contributed by atoms with E-state index in [0.29, 0.717) is 6.42 Å². The zero-order valence-corrected chi connectivity index (χ0v) is 17.9. The number of hydrogen-bond acceptors (Lipinski definition) is 7. The third kappa shape index (κ3) is 6.42. The lowest BCUT2D eigenvalue weighted by atomic mass is 10.1. The summed E-state index contributed by atoms with van der Waals surface area (Å²) < 4.78 is 13.2. The maximum Gasteiger partial charge on any atom is 0.411 e. The van der Waals surface area contributed by atoms with E-state index in [1.165, 1.54) is 25.2 Å². The van der Waals surface area contributed by atoms with E-state index in [1.54, 1.807) is 0 Å². The van der Waals surface area contributed by atoms with Crippen LogP contribution in [0.2, 0.25) is 0 Å². The molecule has 0 unspecified atom stereocenters. The number of halogens is 3. The largest absolute Gasteiger partial charge is 0.504 e. The summed E-state index contributed by atoms with van der Waals surface area (Å²) in [4.78, 5) is 26.6. The van der Waals surface area contributed by atoms with E-state index in [-0.39, 0.29) is 41.9 Å². The fourth-order valence-corrected chi connectivity index (χ4v) is 3.12. The molecule has 9 nitrogen and oxygen atoms in total. The molecule has 2 atom stereocenters. The second kappa shape index (κ2) is 9.90. The molecule has 1 aromatic carbocycles. The quantitative estimate of drug-likeness (QED) is 0.546. The SMILES string of the molecule is COC[C@@H]1C[C@@H](O)CN1C(=O)c1cc(OC)c(O)cc1NC(=O)OCC(Cl)(Cl)Cl. The molecule has 1 aliphatic heterocycles.